The number of nitrogens with zero attached hydrogens (tertiary/aromatic N) is 2. The van der Waals surface area contributed by atoms with Crippen molar-refractivity contribution in [1.82, 2.24) is 10.2 Å². The topological polar surface area (TPSA) is 85.2 Å². The first kappa shape index (κ1) is 19.3. The summed E-state index contributed by atoms with van der Waals surface area (Å²) in [4.78, 5) is 13.3. The molecule has 6 nitrogen and oxygen atoms in total. The number of nitrogens with one attached hydrogen (secondary N) is 1. The van der Waals surface area contributed by atoms with Gasteiger partial charge in [-0.2, -0.15) is 0 Å². The summed E-state index contributed by atoms with van der Waals surface area (Å²) in [5.74, 6) is 0.424. The van der Waals surface area contributed by atoms with Crippen LogP contribution in [0.5, 0.6) is 11.5 Å². The van der Waals surface area contributed by atoms with Gasteiger partial charge < -0.3 is 9.47 Å². The predicted molar refractivity (Wildman–Crippen MR) is 109 cm³/mol. The lowest BCUT2D eigenvalue weighted by atomic mass is 10.1. The van der Waals surface area contributed by atoms with Crippen LogP contribution < -0.4 is 9.47 Å². The molecule has 140 valence electrons. The van der Waals surface area contributed by atoms with E-state index in [1.807, 2.05) is 13.0 Å². The van der Waals surface area contributed by atoms with Crippen molar-refractivity contribution in [1.29, 1.82) is 5.41 Å². The molecule has 0 aliphatic carbocycles. The Kier molecular flexibility index (Phi) is 6.08. The molecule has 1 fully saturated rings. The molecule has 1 unspecified atom stereocenters. The zero-order chi connectivity index (χ0) is 19.4. The van der Waals surface area contributed by atoms with Gasteiger partial charge in [-0.3, -0.25) is 10.2 Å². The Balaban J connectivity index is 1.86. The Morgan fingerprint density at radius 3 is 2.81 bits per heavy atom. The number of aryl methyl sites for hydroxylation is 1. The highest BCUT2D eigenvalue weighted by Gasteiger charge is 2.39. The number of thioether (sulfide) groups is 1. The average molecular weight is 402 g/mol. The lowest BCUT2D eigenvalue weighted by molar-refractivity contribution is -0.114. The molecule has 27 heavy (non-hydrogen) atoms. The molecule has 2 aromatic rings. The number of rotatable bonds is 7. The number of carbonyl (C=O) groups is 1. The molecular weight excluding hydrogens is 382 g/mol. The van der Waals surface area contributed by atoms with Gasteiger partial charge in [-0.05, 0) is 30.2 Å². The number of carbonyl (C=O) groups excluding carboxylic acids is 1. The third kappa shape index (κ3) is 4.12. The number of methoxy groups -OCH3 is 1. The van der Waals surface area contributed by atoms with Gasteiger partial charge in [0, 0.05) is 0 Å². The molecule has 1 N–H and O–H groups in total. The molecule has 3 rings (SSSR count). The van der Waals surface area contributed by atoms with Gasteiger partial charge in [0.05, 0.1) is 17.1 Å². The minimum atomic E-state index is -0.642. The molecule has 8 heteroatoms. The van der Waals surface area contributed by atoms with Crippen LogP contribution in [0, 0.1) is 5.41 Å². The van der Waals surface area contributed by atoms with Gasteiger partial charge in [-0.25, -0.2) is 0 Å². The summed E-state index contributed by atoms with van der Waals surface area (Å²) in [6, 6.07) is 5.44. The third-order valence-corrected chi connectivity index (χ3v) is 5.99. The van der Waals surface area contributed by atoms with Crippen LogP contribution in [0.3, 0.4) is 0 Å². The van der Waals surface area contributed by atoms with E-state index in [4.69, 9.17) is 14.9 Å². The molecule has 0 saturated carbocycles. The summed E-state index contributed by atoms with van der Waals surface area (Å²) in [5, 5.41) is 18.1. The molecule has 2 heterocycles. The maximum absolute atomic E-state index is 12.8. The van der Waals surface area contributed by atoms with E-state index in [0.29, 0.717) is 28.0 Å². The van der Waals surface area contributed by atoms with Crippen LogP contribution in [0.25, 0.3) is 6.08 Å². The Morgan fingerprint density at radius 1 is 1.33 bits per heavy atom. The van der Waals surface area contributed by atoms with Gasteiger partial charge >= 0.3 is 0 Å². The fourth-order valence-electron chi connectivity index (χ4n) is 2.53. The van der Waals surface area contributed by atoms with Crippen molar-refractivity contribution in [3.8, 4) is 11.5 Å². The number of hydrogen-bond donors (Lipinski definition) is 1. The van der Waals surface area contributed by atoms with Crippen molar-refractivity contribution in [3.63, 3.8) is 0 Å². The van der Waals surface area contributed by atoms with Crippen molar-refractivity contribution < 1.29 is 14.3 Å². The van der Waals surface area contributed by atoms with Crippen molar-refractivity contribution >= 4 is 40.0 Å². The molecule has 0 radical (unpaired) electrons. The molecule has 0 bridgehead atoms. The second kappa shape index (κ2) is 8.49. The summed E-state index contributed by atoms with van der Waals surface area (Å²) in [6.07, 6.45) is 4.19. The first-order valence-electron chi connectivity index (χ1n) is 8.33. The van der Waals surface area contributed by atoms with Crippen LogP contribution in [0.2, 0.25) is 0 Å². The van der Waals surface area contributed by atoms with Crippen LogP contribution in [0.15, 0.2) is 35.8 Å². The van der Waals surface area contributed by atoms with Crippen LogP contribution in [-0.2, 0) is 11.2 Å². The molecule has 1 aromatic carbocycles. The monoisotopic (exact) mass is 401 g/mol. The minimum absolute atomic E-state index is 0.116. The maximum atomic E-state index is 12.8. The van der Waals surface area contributed by atoms with Gasteiger partial charge in [0.15, 0.2) is 17.3 Å². The summed E-state index contributed by atoms with van der Waals surface area (Å²) in [5.41, 5.74) is 0.800. The van der Waals surface area contributed by atoms with Crippen molar-refractivity contribution in [2.45, 2.75) is 19.3 Å². The summed E-state index contributed by atoms with van der Waals surface area (Å²) < 4.78 is 10.9. The molecule has 1 atom stereocenters. The number of ketones is 1. The SMILES string of the molecule is C=CCOc1ccc(C=C2SC(=N)C(c3nnc(CC)s3)C2=O)cc1OC. The van der Waals surface area contributed by atoms with E-state index in [-0.39, 0.29) is 10.8 Å². The highest BCUT2D eigenvalue weighted by Crippen LogP contribution is 2.42. The summed E-state index contributed by atoms with van der Waals surface area (Å²) in [7, 11) is 1.56. The predicted octanol–water partition coefficient (Wildman–Crippen LogP) is 4.09. The zero-order valence-electron chi connectivity index (χ0n) is 15.0. The van der Waals surface area contributed by atoms with Crippen LogP contribution in [0.4, 0.5) is 0 Å². The van der Waals surface area contributed by atoms with Crippen molar-refractivity contribution in [3.05, 3.63) is 51.3 Å². The van der Waals surface area contributed by atoms with Gasteiger partial charge in [0.1, 0.15) is 22.5 Å². The Morgan fingerprint density at radius 2 is 2.15 bits per heavy atom. The third-order valence-electron chi connectivity index (χ3n) is 3.86. The normalized spacial score (nSPS) is 18.1. The van der Waals surface area contributed by atoms with Gasteiger partial charge in [0.25, 0.3) is 0 Å². The average Bonchev–Trinajstić information content (AvgIpc) is 3.24. The number of benzene rings is 1. The van der Waals surface area contributed by atoms with E-state index in [1.165, 1.54) is 23.1 Å². The van der Waals surface area contributed by atoms with E-state index >= 15 is 0 Å². The Bertz CT molecular complexity index is 921. The molecule has 1 saturated heterocycles. The molecule has 1 aliphatic rings. The number of allylic oxidation sites excluding steroid dienone is 1. The number of aromatic nitrogens is 2. The largest absolute Gasteiger partial charge is 0.493 e. The highest BCUT2D eigenvalue weighted by atomic mass is 32.2. The van der Waals surface area contributed by atoms with Gasteiger partial charge in [-0.15, -0.1) is 21.5 Å². The van der Waals surface area contributed by atoms with Gasteiger partial charge in [-0.1, -0.05) is 37.4 Å². The molecular formula is C19H19N3O3S2. The smallest absolute Gasteiger partial charge is 0.186 e. The summed E-state index contributed by atoms with van der Waals surface area (Å²) in [6.45, 7) is 6.00. The lowest BCUT2D eigenvalue weighted by Crippen LogP contribution is -2.11. The first-order valence-corrected chi connectivity index (χ1v) is 9.96. The highest BCUT2D eigenvalue weighted by molar-refractivity contribution is 8.19. The van der Waals surface area contributed by atoms with E-state index in [9.17, 15) is 4.79 Å². The standard InChI is InChI=1S/C19H19N3O3S2/c1-4-8-25-12-7-6-11(9-13(12)24-3)10-14-17(23)16(18(20)26-14)19-22-21-15(5-2)27-19/h4,6-7,9-10,16,20H,1,5,8H2,2-3H3. The van der Waals surface area contributed by atoms with Crippen LogP contribution in [-0.4, -0.2) is 34.7 Å². The van der Waals surface area contributed by atoms with Crippen LogP contribution >= 0.6 is 23.1 Å². The number of Topliss-reactive ketones (excluding diaryl/α,β-unsaturated/α-hetero) is 1. The second-order valence-corrected chi connectivity index (χ2v) is 7.85. The number of hydrogen-bond acceptors (Lipinski definition) is 8. The van der Waals surface area contributed by atoms with E-state index in [2.05, 4.69) is 16.8 Å². The van der Waals surface area contributed by atoms with E-state index in [1.54, 1.807) is 31.4 Å². The fourth-order valence-corrected chi connectivity index (χ4v) is 4.49. The zero-order valence-corrected chi connectivity index (χ0v) is 16.7. The molecule has 0 spiro atoms. The van der Waals surface area contributed by atoms with Crippen molar-refractivity contribution in [2.75, 3.05) is 13.7 Å². The lowest BCUT2D eigenvalue weighted by Gasteiger charge is -2.10. The molecule has 1 aromatic heterocycles. The van der Waals surface area contributed by atoms with Gasteiger partial charge in [0.2, 0.25) is 0 Å². The van der Waals surface area contributed by atoms with Crippen molar-refractivity contribution in [2.24, 2.45) is 0 Å². The van der Waals surface area contributed by atoms with E-state index in [0.717, 1.165) is 17.0 Å². The van der Waals surface area contributed by atoms with E-state index < -0.39 is 5.92 Å². The summed E-state index contributed by atoms with van der Waals surface area (Å²) >= 11 is 2.56. The molecule has 0 amide bonds. The van der Waals surface area contributed by atoms with Crippen LogP contribution in [0.1, 0.15) is 28.4 Å². The second-order valence-electron chi connectivity index (χ2n) is 5.67. The molecule has 1 aliphatic heterocycles. The maximum Gasteiger partial charge on any atom is 0.186 e. The minimum Gasteiger partial charge on any atom is -0.493 e. The quantitative estimate of drug-likeness (QED) is 0.555. The Labute approximate surface area is 165 Å². The Hall–Kier alpha value is -2.45. The number of ether oxygens (including phenoxy) is 2. The first-order chi connectivity index (χ1) is 13.1. The fraction of sp³-hybridized carbons (Fsp3) is 0.263.